The molecule has 2 saturated heterocycles. The maximum Gasteiger partial charge on any atom is 0.509 e. The van der Waals surface area contributed by atoms with Crippen LogP contribution in [0.2, 0.25) is 37.8 Å². The van der Waals surface area contributed by atoms with Crippen molar-refractivity contribution in [2.24, 2.45) is 16.7 Å². The third-order valence-electron chi connectivity index (χ3n) is 11.5. The molecule has 2 saturated carbocycles. The van der Waals surface area contributed by atoms with Crippen molar-refractivity contribution >= 4 is 28.6 Å². The van der Waals surface area contributed by atoms with Crippen LogP contribution in [0.1, 0.15) is 61.3 Å². The molecule has 2 bridgehead atoms. The molecule has 0 unspecified atom stereocenters. The molecule has 1 spiro atoms. The van der Waals surface area contributed by atoms with Gasteiger partial charge in [-0.25, -0.2) is 4.79 Å². The van der Waals surface area contributed by atoms with Crippen LogP contribution in [0.25, 0.3) is 0 Å². The smallest absolute Gasteiger partial charge is 0.426 e. The van der Waals surface area contributed by atoms with Crippen LogP contribution in [0.4, 0.5) is 4.79 Å². The van der Waals surface area contributed by atoms with E-state index in [1.807, 2.05) is 20.8 Å². The van der Waals surface area contributed by atoms with Crippen LogP contribution in [-0.4, -0.2) is 87.1 Å². The SMILES string of the molecule is CC1=C2[C@@H](O)C(=O)[C@]3(C)[C@@H](O[Si](C)(C)C(C)(C)C)C[C@H]4OC[C@@]4(O)[C@H]3[C@@H]3OC(=O)O[C@@]3(C[C@@H]1O[Si](C)(C)C)C2(C)C. The number of carbonyl (C=O) groups excluding carboxylic acids is 2. The summed E-state index contributed by atoms with van der Waals surface area (Å²) in [4.78, 5) is 28.1. The lowest BCUT2D eigenvalue weighted by atomic mass is 9.45. The summed E-state index contributed by atoms with van der Waals surface area (Å²) in [5.41, 5.74) is -3.87. The van der Waals surface area contributed by atoms with E-state index in [0.717, 1.165) is 5.57 Å². The van der Waals surface area contributed by atoms with Crippen LogP contribution in [0.5, 0.6) is 0 Å². The number of fused-ring (bicyclic) bond motifs is 5. The zero-order chi connectivity index (χ0) is 30.9. The molecule has 41 heavy (non-hydrogen) atoms. The van der Waals surface area contributed by atoms with Crippen molar-refractivity contribution in [3.63, 3.8) is 0 Å². The molecule has 0 aromatic carbocycles. The largest absolute Gasteiger partial charge is 0.509 e. The van der Waals surface area contributed by atoms with Crippen LogP contribution in [0, 0.1) is 16.7 Å². The number of Topliss-reactive ketones (excluding diaryl/α,β-unsaturated/α-hetero) is 1. The standard InChI is InChI=1S/C30H50O9Si2/c1-16-17(38-40(8,9)10)14-30-24(36-25(33)37-30)22-28(7,23(32)21(31)20(16)27(30,5)6)18(13-19-29(22,34)15-35-19)39-41(11,12)26(2,3)4/h17-19,21-22,24,31,34H,13-15H2,1-12H3/t17-,18-,19+,21+,22-,24-,28+,29-,30+/m0/s1. The topological polar surface area (TPSA) is 121 Å². The molecule has 9 atom stereocenters. The fourth-order valence-electron chi connectivity index (χ4n) is 8.21. The molecular formula is C30H50O9Si2. The molecule has 0 aromatic heterocycles. The van der Waals surface area contributed by atoms with Crippen molar-refractivity contribution in [1.82, 2.24) is 0 Å². The van der Waals surface area contributed by atoms with E-state index in [0.29, 0.717) is 18.4 Å². The second-order valence-electron chi connectivity index (χ2n) is 16.3. The summed E-state index contributed by atoms with van der Waals surface area (Å²) in [6.45, 7) is 24.4. The molecule has 0 aromatic rings. The van der Waals surface area contributed by atoms with E-state index >= 15 is 0 Å². The highest BCUT2D eigenvalue weighted by atomic mass is 28.4. The quantitative estimate of drug-likeness (QED) is 0.265. The summed E-state index contributed by atoms with van der Waals surface area (Å²) >= 11 is 0. The summed E-state index contributed by atoms with van der Waals surface area (Å²) < 4.78 is 31.8. The minimum atomic E-state index is -2.44. The second-order valence-corrected chi connectivity index (χ2v) is 25.6. The van der Waals surface area contributed by atoms with E-state index in [1.54, 1.807) is 6.92 Å². The van der Waals surface area contributed by atoms with Gasteiger partial charge in [0.25, 0.3) is 0 Å². The van der Waals surface area contributed by atoms with Gasteiger partial charge >= 0.3 is 6.16 Å². The van der Waals surface area contributed by atoms with Crippen molar-refractivity contribution in [3.8, 4) is 0 Å². The molecule has 2 aliphatic heterocycles. The maximum atomic E-state index is 14.9. The first-order chi connectivity index (χ1) is 18.4. The number of ether oxygens (including phenoxy) is 3. The Kier molecular flexibility index (Phi) is 6.87. The van der Waals surface area contributed by atoms with Gasteiger partial charge in [0, 0.05) is 24.2 Å². The average Bonchev–Trinajstić information content (AvgIpc) is 3.12. The van der Waals surface area contributed by atoms with E-state index in [2.05, 4.69) is 53.5 Å². The lowest BCUT2D eigenvalue weighted by Gasteiger charge is -2.66. The van der Waals surface area contributed by atoms with E-state index in [1.165, 1.54) is 0 Å². The molecule has 4 fully saturated rings. The average molecular weight is 611 g/mol. The molecule has 3 aliphatic carbocycles. The molecule has 0 amide bonds. The summed E-state index contributed by atoms with van der Waals surface area (Å²) in [6.07, 6.45) is -4.51. The molecular weight excluding hydrogens is 560 g/mol. The minimum absolute atomic E-state index is 0.00473. The molecule has 2 heterocycles. The molecule has 2 N–H and O–H groups in total. The number of rotatable bonds is 4. The van der Waals surface area contributed by atoms with Crippen molar-refractivity contribution in [1.29, 1.82) is 0 Å². The normalized spacial score (nSPS) is 44.0. The van der Waals surface area contributed by atoms with E-state index < -0.39 is 87.0 Å². The summed E-state index contributed by atoms with van der Waals surface area (Å²) in [5, 5.41) is 24.3. The highest BCUT2D eigenvalue weighted by molar-refractivity contribution is 6.74. The summed E-state index contributed by atoms with van der Waals surface area (Å²) in [6, 6.07) is 0. The first kappa shape index (κ1) is 31.3. The van der Waals surface area contributed by atoms with E-state index in [4.69, 9.17) is 23.1 Å². The van der Waals surface area contributed by atoms with Gasteiger partial charge in [0.1, 0.15) is 11.7 Å². The lowest BCUT2D eigenvalue weighted by Crippen LogP contribution is -2.80. The fourth-order valence-corrected chi connectivity index (χ4v) is 10.7. The van der Waals surface area contributed by atoms with Crippen LogP contribution in [-0.2, 0) is 27.9 Å². The fraction of sp³-hybridized carbons (Fsp3) is 0.867. The van der Waals surface area contributed by atoms with E-state index in [-0.39, 0.29) is 11.6 Å². The molecule has 9 nitrogen and oxygen atoms in total. The number of aliphatic hydroxyl groups is 2. The predicted molar refractivity (Wildman–Crippen MR) is 157 cm³/mol. The Morgan fingerprint density at radius 1 is 1.02 bits per heavy atom. The number of hydrogen-bond donors (Lipinski definition) is 2. The number of ketones is 1. The Balaban J connectivity index is 1.78. The van der Waals surface area contributed by atoms with E-state index in [9.17, 15) is 19.8 Å². The molecule has 5 aliphatic rings. The molecule has 0 radical (unpaired) electrons. The molecule has 11 heteroatoms. The first-order valence-electron chi connectivity index (χ1n) is 15.0. The highest BCUT2D eigenvalue weighted by Gasteiger charge is 2.79. The predicted octanol–water partition coefficient (Wildman–Crippen LogP) is 4.72. The van der Waals surface area contributed by atoms with Gasteiger partial charge in [0.15, 0.2) is 34.1 Å². The molecule has 5 rings (SSSR count). The van der Waals surface area contributed by atoms with Gasteiger partial charge in [-0.05, 0) is 62.8 Å². The summed E-state index contributed by atoms with van der Waals surface area (Å²) in [7, 11) is -4.56. The van der Waals surface area contributed by atoms with Crippen molar-refractivity contribution in [3.05, 3.63) is 11.1 Å². The van der Waals surface area contributed by atoms with Crippen LogP contribution in [0.3, 0.4) is 0 Å². The van der Waals surface area contributed by atoms with Gasteiger partial charge < -0.3 is 33.3 Å². The minimum Gasteiger partial charge on any atom is -0.426 e. The zero-order valence-electron chi connectivity index (χ0n) is 26.8. The van der Waals surface area contributed by atoms with Gasteiger partial charge in [-0.2, -0.15) is 0 Å². The number of hydrogen-bond acceptors (Lipinski definition) is 9. The molecule has 232 valence electrons. The third-order valence-corrected chi connectivity index (χ3v) is 17.0. The Hall–Kier alpha value is -1.09. The van der Waals surface area contributed by atoms with Crippen molar-refractivity contribution < 1.29 is 42.9 Å². The monoisotopic (exact) mass is 610 g/mol. The zero-order valence-corrected chi connectivity index (χ0v) is 28.8. The number of carbonyl (C=O) groups is 2. The Morgan fingerprint density at radius 3 is 2.15 bits per heavy atom. The first-order valence-corrected chi connectivity index (χ1v) is 21.3. The van der Waals surface area contributed by atoms with Crippen LogP contribution < -0.4 is 0 Å². The Morgan fingerprint density at radius 2 is 1.63 bits per heavy atom. The maximum absolute atomic E-state index is 14.9. The van der Waals surface area contributed by atoms with Gasteiger partial charge in [-0.1, -0.05) is 34.6 Å². The highest BCUT2D eigenvalue weighted by Crippen LogP contribution is 2.66. The lowest BCUT2D eigenvalue weighted by molar-refractivity contribution is -0.332. The van der Waals surface area contributed by atoms with Gasteiger partial charge in [0.2, 0.25) is 0 Å². The van der Waals surface area contributed by atoms with Crippen LogP contribution in [0.15, 0.2) is 11.1 Å². The van der Waals surface area contributed by atoms with Gasteiger partial charge in [0.05, 0.1) is 30.3 Å². The Labute approximate surface area is 246 Å². The summed E-state index contributed by atoms with van der Waals surface area (Å²) in [5.74, 6) is -1.37. The second kappa shape index (κ2) is 8.98. The van der Waals surface area contributed by atoms with Crippen molar-refractivity contribution in [2.45, 2.75) is 141 Å². The Bertz CT molecular complexity index is 1180. The van der Waals surface area contributed by atoms with Crippen LogP contribution >= 0.6 is 0 Å². The van der Waals surface area contributed by atoms with Gasteiger partial charge in [-0.15, -0.1) is 0 Å². The van der Waals surface area contributed by atoms with Crippen molar-refractivity contribution in [2.75, 3.05) is 6.61 Å². The van der Waals surface area contributed by atoms with Gasteiger partial charge in [-0.3, -0.25) is 4.79 Å². The number of aliphatic hydroxyl groups excluding tert-OH is 1. The third kappa shape index (κ3) is 4.16.